The van der Waals surface area contributed by atoms with Gasteiger partial charge in [-0.05, 0) is 75.9 Å². The molecule has 3 aromatic heterocycles. The normalized spacial score (nSPS) is 12.1. The van der Waals surface area contributed by atoms with Gasteiger partial charge in [0.15, 0.2) is 0 Å². The van der Waals surface area contributed by atoms with Gasteiger partial charge in [-0.2, -0.15) is 0 Å². The minimum Gasteiger partial charge on any atom is -0.445 e. The van der Waals surface area contributed by atoms with E-state index in [1.165, 1.54) is 38.6 Å². The number of rotatable bonds is 27. The largest absolute Gasteiger partial charge is 0.445 e. The third-order valence-corrected chi connectivity index (χ3v) is 13.0. The van der Waals surface area contributed by atoms with E-state index in [-0.39, 0.29) is 57.1 Å². The van der Waals surface area contributed by atoms with Gasteiger partial charge < -0.3 is 67.4 Å². The van der Waals surface area contributed by atoms with E-state index in [1.807, 2.05) is 20.8 Å². The lowest BCUT2D eigenvalue weighted by Crippen LogP contribution is -2.52. The Bertz CT molecular complexity index is 3140. The quantitative estimate of drug-likeness (QED) is 0.0261. The van der Waals surface area contributed by atoms with E-state index < -0.39 is 84.2 Å². The fourth-order valence-electron chi connectivity index (χ4n) is 9.18. The van der Waals surface area contributed by atoms with E-state index in [9.17, 15) is 43.2 Å². The van der Waals surface area contributed by atoms with Gasteiger partial charge in [-0.1, -0.05) is 81.4 Å². The van der Waals surface area contributed by atoms with Gasteiger partial charge in [-0.15, -0.1) is 4.99 Å². The van der Waals surface area contributed by atoms with Crippen LogP contribution in [0.5, 0.6) is 0 Å². The Morgan fingerprint density at radius 2 is 0.976 bits per heavy atom. The van der Waals surface area contributed by atoms with Crippen LogP contribution in [0.3, 0.4) is 0 Å². The van der Waals surface area contributed by atoms with Crippen molar-refractivity contribution in [2.24, 2.45) is 10.7 Å². The predicted octanol–water partition coefficient (Wildman–Crippen LogP) is 2.60. The number of guanidine groups is 1. The topological polar surface area (TPSA) is 380 Å². The van der Waals surface area contributed by atoms with Gasteiger partial charge in [0, 0.05) is 76.6 Å². The van der Waals surface area contributed by atoms with Gasteiger partial charge in [0.05, 0.1) is 12.7 Å². The number of aromatic nitrogens is 5. The van der Waals surface area contributed by atoms with Crippen molar-refractivity contribution in [2.75, 3.05) is 6.54 Å². The first-order valence-corrected chi connectivity index (χ1v) is 26.8. The van der Waals surface area contributed by atoms with E-state index in [0.717, 1.165) is 16.7 Å². The number of aliphatic imine (C=N–C) groups is 1. The number of carbonyl (C=O) groups excluding carboxylic acids is 9. The first kappa shape index (κ1) is 62.1. The summed E-state index contributed by atoms with van der Waals surface area (Å²) in [5, 5.41) is 21.8. The summed E-state index contributed by atoms with van der Waals surface area (Å²) in [5.74, 6) is -4.75. The van der Waals surface area contributed by atoms with Crippen molar-refractivity contribution in [2.45, 2.75) is 118 Å². The molecule has 0 fully saturated rings. The van der Waals surface area contributed by atoms with E-state index in [1.54, 1.807) is 73.1 Å². The summed E-state index contributed by atoms with van der Waals surface area (Å²) >= 11 is 0. The van der Waals surface area contributed by atoms with Crippen LogP contribution in [-0.2, 0) is 98.4 Å². The Kier molecular flexibility index (Phi) is 23.2. The number of ether oxygens (including phenoxy) is 2. The van der Waals surface area contributed by atoms with Gasteiger partial charge in [0.2, 0.25) is 35.5 Å². The second-order valence-electron chi connectivity index (χ2n) is 18.9. The molecule has 6 aromatic rings. The molecule has 3 heterocycles. The maximum Gasteiger partial charge on any atom is 0.437 e. The zero-order valence-corrected chi connectivity index (χ0v) is 46.7. The summed E-state index contributed by atoms with van der Waals surface area (Å²) in [6.07, 6.45) is 5.49. The fraction of sp³-hybridized carbons (Fsp3) is 0.333. The first-order chi connectivity index (χ1) is 40.0. The van der Waals surface area contributed by atoms with Crippen molar-refractivity contribution >= 4 is 59.5 Å². The van der Waals surface area contributed by atoms with Crippen LogP contribution in [0.2, 0.25) is 0 Å². The van der Waals surface area contributed by atoms with Gasteiger partial charge in [0.25, 0.3) is 11.8 Å². The number of aromatic amines is 3. The number of nitrogens with zero attached hydrogens (tertiary/aromatic N) is 3. The third kappa shape index (κ3) is 18.7. The molecular formula is C57H69N15O11. The molecule has 9 amide bonds. The highest BCUT2D eigenvalue weighted by Gasteiger charge is 2.29. The Morgan fingerprint density at radius 1 is 0.542 bits per heavy atom. The number of imidazole rings is 2. The SMILES string of the molecule is CCc1c(CNC(=O)[C@H](Cc2cnc[nH]2)NC(C)=O)c(CC)c(CNC(=O)[C@H](CNC(=O)c2ccc(C(=O)N/C(N)=N/C(=O)OCc3ccccc3)[nH]2)NC(=O)OCc2ccccc2)c(CC)c1CNC(=O)[C@H](Cc1cnc[nH]1)NC(C)=O. The molecule has 0 unspecified atom stereocenters. The summed E-state index contributed by atoms with van der Waals surface area (Å²) in [5.41, 5.74) is 12.5. The molecular weight excluding hydrogens is 1070 g/mol. The first-order valence-electron chi connectivity index (χ1n) is 26.8. The third-order valence-electron chi connectivity index (χ3n) is 13.0. The lowest BCUT2D eigenvalue weighted by molar-refractivity contribution is -0.128. The zero-order chi connectivity index (χ0) is 59.8. The van der Waals surface area contributed by atoms with Crippen molar-refractivity contribution in [3.05, 3.63) is 165 Å². The van der Waals surface area contributed by atoms with Crippen molar-refractivity contribution in [3.63, 3.8) is 0 Å². The Hall–Kier alpha value is -10.1. The van der Waals surface area contributed by atoms with Crippen LogP contribution in [0.25, 0.3) is 0 Å². The van der Waals surface area contributed by atoms with Crippen molar-refractivity contribution in [3.8, 4) is 0 Å². The number of amides is 9. The number of benzene rings is 3. The molecule has 0 spiro atoms. The zero-order valence-electron chi connectivity index (χ0n) is 46.7. The molecule has 438 valence electrons. The molecule has 26 nitrogen and oxygen atoms in total. The molecule has 3 atom stereocenters. The summed E-state index contributed by atoms with van der Waals surface area (Å²) < 4.78 is 10.5. The summed E-state index contributed by atoms with van der Waals surface area (Å²) in [4.78, 5) is 140. The predicted molar refractivity (Wildman–Crippen MR) is 302 cm³/mol. The van der Waals surface area contributed by atoms with Crippen LogP contribution in [0.1, 0.15) is 111 Å². The minimum atomic E-state index is -1.46. The Labute approximate surface area is 478 Å². The molecule has 0 aliphatic heterocycles. The maximum atomic E-state index is 14.5. The number of carbonyl (C=O) groups is 9. The number of nitrogens with one attached hydrogen (secondary N) is 11. The van der Waals surface area contributed by atoms with Crippen LogP contribution >= 0.6 is 0 Å². The highest BCUT2D eigenvalue weighted by molar-refractivity contribution is 6.07. The van der Waals surface area contributed by atoms with E-state index >= 15 is 0 Å². The van der Waals surface area contributed by atoms with Crippen LogP contribution < -0.4 is 48.3 Å². The Morgan fingerprint density at radius 3 is 1.40 bits per heavy atom. The molecule has 0 aliphatic carbocycles. The lowest BCUT2D eigenvalue weighted by atomic mass is 9.83. The second-order valence-corrected chi connectivity index (χ2v) is 18.9. The fourth-order valence-corrected chi connectivity index (χ4v) is 9.18. The molecule has 6 rings (SSSR count). The number of alkyl carbamates (subject to hydrolysis) is 1. The average Bonchev–Trinajstić information content (AvgIpc) is 4.11. The summed E-state index contributed by atoms with van der Waals surface area (Å²) in [7, 11) is 0. The van der Waals surface area contributed by atoms with Gasteiger partial charge >= 0.3 is 12.2 Å². The number of H-pyrrole nitrogens is 3. The lowest BCUT2D eigenvalue weighted by Gasteiger charge is -2.28. The van der Waals surface area contributed by atoms with Gasteiger partial charge in [0.1, 0.15) is 42.7 Å². The van der Waals surface area contributed by atoms with Crippen molar-refractivity contribution in [1.82, 2.24) is 67.5 Å². The van der Waals surface area contributed by atoms with Crippen LogP contribution in [0, 0.1) is 0 Å². The van der Waals surface area contributed by atoms with Crippen LogP contribution in [-0.4, -0.2) is 109 Å². The van der Waals surface area contributed by atoms with E-state index in [0.29, 0.717) is 58.5 Å². The standard InChI is InChI=1S/C57H69N15O11/c1-6-39-42(25-61-51(76)47(67-33(4)73)21-37-23-59-31-65-37)40(7-2)44(41(8-3)43(39)26-62-52(77)48(68-34(5)74)22-38-24-60-32-66-38)27-63-53(78)49(70-56(80)82-29-35-15-11-9-12-16-35)28-64-50(75)45-19-20-46(69-45)54(79)71-55(58)72-57(81)83-30-36-17-13-10-14-18-36/h9-20,23-24,31-32,47-49,69H,6-8,21-22,25-30H2,1-5H3,(H,59,65)(H,60,66)(H,61,76)(H,62,77)(H,63,78)(H,64,75)(H,67,73)(H,68,74)(H,70,80)(H3,58,71,72,79,81)/t47-,48-,49-/m0/s1. The molecule has 0 saturated carbocycles. The smallest absolute Gasteiger partial charge is 0.437 e. The summed E-state index contributed by atoms with van der Waals surface area (Å²) in [6, 6.07) is 16.8. The van der Waals surface area contributed by atoms with Gasteiger partial charge in [-0.25, -0.2) is 19.6 Å². The monoisotopic (exact) mass is 1140 g/mol. The van der Waals surface area contributed by atoms with Crippen LogP contribution in [0.15, 0.2) is 103 Å². The van der Waals surface area contributed by atoms with Crippen molar-refractivity contribution in [1.29, 1.82) is 0 Å². The molecule has 0 radical (unpaired) electrons. The molecule has 13 N–H and O–H groups in total. The highest BCUT2D eigenvalue weighted by atomic mass is 16.6. The molecule has 0 bridgehead atoms. The molecule has 0 aliphatic rings. The van der Waals surface area contributed by atoms with E-state index in [2.05, 4.69) is 72.4 Å². The van der Waals surface area contributed by atoms with Gasteiger partial charge in [-0.3, -0.25) is 38.9 Å². The maximum absolute atomic E-state index is 14.5. The number of nitrogens with two attached hydrogens (primary N) is 1. The number of hydrogen-bond acceptors (Lipinski definition) is 13. The Balaban J connectivity index is 1.26. The molecule has 3 aromatic carbocycles. The number of hydrogen-bond donors (Lipinski definition) is 12. The van der Waals surface area contributed by atoms with Crippen molar-refractivity contribution < 1.29 is 52.6 Å². The molecule has 26 heteroatoms. The second kappa shape index (κ2) is 31.0. The average molecular weight is 1140 g/mol. The van der Waals surface area contributed by atoms with Crippen LogP contribution in [0.4, 0.5) is 9.59 Å². The summed E-state index contributed by atoms with van der Waals surface area (Å²) in [6.45, 7) is 7.49. The van der Waals surface area contributed by atoms with E-state index in [4.69, 9.17) is 15.2 Å². The molecule has 0 saturated heterocycles. The molecule has 83 heavy (non-hydrogen) atoms. The minimum absolute atomic E-state index is 0.0269. The highest BCUT2D eigenvalue weighted by Crippen LogP contribution is 2.31.